The smallest absolute Gasteiger partial charge is 0.231 e. The Morgan fingerprint density at radius 3 is 2.72 bits per heavy atom. The number of hydrogen-bond acceptors (Lipinski definition) is 7. The lowest BCUT2D eigenvalue weighted by Crippen LogP contribution is -1.98. The fourth-order valence-corrected chi connectivity index (χ4v) is 3.32. The van der Waals surface area contributed by atoms with E-state index in [1.165, 1.54) is 0 Å². The van der Waals surface area contributed by atoms with Crippen LogP contribution in [0.2, 0.25) is 0 Å². The van der Waals surface area contributed by atoms with E-state index in [1.54, 1.807) is 26.6 Å². The Hall–Kier alpha value is -3.94. The minimum Gasteiger partial charge on any atom is -0.493 e. The Morgan fingerprint density at radius 1 is 1.00 bits per heavy atom. The Labute approximate surface area is 166 Å². The van der Waals surface area contributed by atoms with E-state index in [-0.39, 0.29) is 6.79 Å². The van der Waals surface area contributed by atoms with Crippen LogP contribution in [0.3, 0.4) is 0 Å². The van der Waals surface area contributed by atoms with Gasteiger partial charge in [-0.3, -0.25) is 9.38 Å². The fraction of sp³-hybridized carbons (Fsp3) is 0.143. The fourth-order valence-electron chi connectivity index (χ4n) is 3.32. The van der Waals surface area contributed by atoms with E-state index in [9.17, 15) is 0 Å². The van der Waals surface area contributed by atoms with Crippen molar-refractivity contribution in [1.29, 1.82) is 0 Å². The molecule has 2 aromatic heterocycles. The molecule has 0 bridgehead atoms. The lowest BCUT2D eigenvalue weighted by molar-refractivity contribution is 0.174. The van der Waals surface area contributed by atoms with Crippen molar-refractivity contribution in [2.75, 3.05) is 26.3 Å². The number of nitrogens with zero attached hydrogens (tertiary/aromatic N) is 3. The summed E-state index contributed by atoms with van der Waals surface area (Å²) in [6.07, 6.45) is 5.30. The van der Waals surface area contributed by atoms with Crippen molar-refractivity contribution >= 4 is 17.2 Å². The average molecular weight is 390 g/mol. The molecule has 5 rings (SSSR count). The number of anilines is 2. The van der Waals surface area contributed by atoms with Crippen LogP contribution in [0.4, 0.5) is 11.5 Å². The Morgan fingerprint density at radius 2 is 1.86 bits per heavy atom. The van der Waals surface area contributed by atoms with E-state index in [4.69, 9.17) is 23.9 Å². The molecule has 0 saturated heterocycles. The standard InChI is InChI=1S/C21H18N4O4/c1-26-15-5-3-13(9-17(15)27-2)20-21(25-8-7-22-11-19(25)24-20)23-14-4-6-16-18(10-14)29-12-28-16/h3-11,23H,12H2,1-2H3. The number of nitrogens with one attached hydrogen (secondary N) is 1. The molecule has 0 amide bonds. The summed E-state index contributed by atoms with van der Waals surface area (Å²) in [5.41, 5.74) is 3.22. The lowest BCUT2D eigenvalue weighted by atomic mass is 10.1. The second kappa shape index (κ2) is 6.90. The molecule has 0 saturated carbocycles. The number of imidazole rings is 1. The van der Waals surface area contributed by atoms with Gasteiger partial charge in [-0.25, -0.2) is 4.98 Å². The molecule has 0 fully saturated rings. The molecule has 0 unspecified atom stereocenters. The normalized spacial score (nSPS) is 12.2. The van der Waals surface area contributed by atoms with Gasteiger partial charge in [0.2, 0.25) is 6.79 Å². The molecule has 0 aliphatic carbocycles. The van der Waals surface area contributed by atoms with E-state index in [0.29, 0.717) is 17.2 Å². The highest BCUT2D eigenvalue weighted by Gasteiger charge is 2.18. The minimum atomic E-state index is 0.233. The van der Waals surface area contributed by atoms with Gasteiger partial charge in [-0.15, -0.1) is 0 Å². The van der Waals surface area contributed by atoms with Crippen molar-refractivity contribution in [1.82, 2.24) is 14.4 Å². The van der Waals surface area contributed by atoms with Crippen LogP contribution in [0.1, 0.15) is 0 Å². The van der Waals surface area contributed by atoms with Crippen LogP contribution in [0, 0.1) is 0 Å². The quantitative estimate of drug-likeness (QED) is 0.554. The molecular formula is C21H18N4O4. The van der Waals surface area contributed by atoms with Gasteiger partial charge in [0, 0.05) is 29.7 Å². The number of aromatic nitrogens is 3. The molecule has 146 valence electrons. The molecule has 4 aromatic rings. The van der Waals surface area contributed by atoms with Crippen molar-refractivity contribution in [2.24, 2.45) is 0 Å². The highest BCUT2D eigenvalue weighted by Crippen LogP contribution is 2.38. The van der Waals surface area contributed by atoms with Gasteiger partial charge in [0.15, 0.2) is 28.6 Å². The van der Waals surface area contributed by atoms with Crippen molar-refractivity contribution in [3.05, 3.63) is 55.0 Å². The van der Waals surface area contributed by atoms with Crippen LogP contribution in [-0.4, -0.2) is 35.4 Å². The largest absolute Gasteiger partial charge is 0.493 e. The van der Waals surface area contributed by atoms with E-state index < -0.39 is 0 Å². The van der Waals surface area contributed by atoms with Gasteiger partial charge in [-0.1, -0.05) is 0 Å². The van der Waals surface area contributed by atoms with Crippen LogP contribution in [0.5, 0.6) is 23.0 Å². The van der Waals surface area contributed by atoms with Crippen LogP contribution in [0.25, 0.3) is 16.9 Å². The van der Waals surface area contributed by atoms with Crippen molar-refractivity contribution < 1.29 is 18.9 Å². The molecule has 29 heavy (non-hydrogen) atoms. The predicted molar refractivity (Wildman–Crippen MR) is 107 cm³/mol. The monoisotopic (exact) mass is 390 g/mol. The molecular weight excluding hydrogens is 372 g/mol. The van der Waals surface area contributed by atoms with Gasteiger partial charge in [0.1, 0.15) is 11.5 Å². The first kappa shape index (κ1) is 17.2. The van der Waals surface area contributed by atoms with Gasteiger partial charge >= 0.3 is 0 Å². The van der Waals surface area contributed by atoms with Crippen LogP contribution >= 0.6 is 0 Å². The SMILES string of the molecule is COc1ccc(-c2nc3cnccn3c2Nc2ccc3c(c2)OCO3)cc1OC. The summed E-state index contributed by atoms with van der Waals surface area (Å²) < 4.78 is 23.6. The van der Waals surface area contributed by atoms with E-state index >= 15 is 0 Å². The summed E-state index contributed by atoms with van der Waals surface area (Å²) >= 11 is 0. The highest BCUT2D eigenvalue weighted by molar-refractivity contribution is 5.81. The van der Waals surface area contributed by atoms with Crippen LogP contribution in [-0.2, 0) is 0 Å². The molecule has 3 heterocycles. The predicted octanol–water partition coefficient (Wildman–Crippen LogP) is 3.89. The summed E-state index contributed by atoms with van der Waals surface area (Å²) in [5.74, 6) is 3.53. The Balaban J connectivity index is 1.63. The van der Waals surface area contributed by atoms with Crippen molar-refractivity contribution in [2.45, 2.75) is 0 Å². The lowest BCUT2D eigenvalue weighted by Gasteiger charge is -2.11. The van der Waals surface area contributed by atoms with E-state index in [0.717, 1.165) is 34.2 Å². The summed E-state index contributed by atoms with van der Waals surface area (Å²) in [7, 11) is 3.22. The van der Waals surface area contributed by atoms with Gasteiger partial charge < -0.3 is 24.3 Å². The first-order valence-electron chi connectivity index (χ1n) is 8.98. The number of rotatable bonds is 5. The number of methoxy groups -OCH3 is 2. The molecule has 0 atom stereocenters. The van der Waals surface area contributed by atoms with Crippen molar-refractivity contribution in [3.8, 4) is 34.3 Å². The maximum Gasteiger partial charge on any atom is 0.231 e. The first-order chi connectivity index (χ1) is 14.3. The third kappa shape index (κ3) is 2.94. The summed E-state index contributed by atoms with van der Waals surface area (Å²) in [4.78, 5) is 8.95. The maximum absolute atomic E-state index is 5.49. The topological polar surface area (TPSA) is 79.1 Å². The molecule has 0 radical (unpaired) electrons. The third-order valence-corrected chi connectivity index (χ3v) is 4.72. The summed E-state index contributed by atoms with van der Waals surface area (Å²) in [6, 6.07) is 11.4. The van der Waals surface area contributed by atoms with Crippen molar-refractivity contribution in [3.63, 3.8) is 0 Å². The van der Waals surface area contributed by atoms with E-state index in [1.807, 2.05) is 47.0 Å². The van der Waals surface area contributed by atoms with E-state index in [2.05, 4.69) is 10.3 Å². The average Bonchev–Trinajstić information content (AvgIpc) is 3.38. The van der Waals surface area contributed by atoms with Gasteiger partial charge in [-0.05, 0) is 30.3 Å². The van der Waals surface area contributed by atoms with Gasteiger partial charge in [-0.2, -0.15) is 0 Å². The molecule has 1 aliphatic heterocycles. The number of ether oxygens (including phenoxy) is 4. The summed E-state index contributed by atoms with van der Waals surface area (Å²) in [5, 5.41) is 3.45. The molecule has 0 spiro atoms. The number of fused-ring (bicyclic) bond motifs is 2. The van der Waals surface area contributed by atoms with Gasteiger partial charge in [0.05, 0.1) is 20.4 Å². The zero-order chi connectivity index (χ0) is 19.8. The van der Waals surface area contributed by atoms with Gasteiger partial charge in [0.25, 0.3) is 0 Å². The molecule has 1 aliphatic rings. The Kier molecular flexibility index (Phi) is 4.09. The zero-order valence-corrected chi connectivity index (χ0v) is 15.9. The second-order valence-corrected chi connectivity index (χ2v) is 6.38. The molecule has 8 heteroatoms. The third-order valence-electron chi connectivity index (χ3n) is 4.72. The summed E-state index contributed by atoms with van der Waals surface area (Å²) in [6.45, 7) is 0.233. The molecule has 8 nitrogen and oxygen atoms in total. The molecule has 1 N–H and O–H groups in total. The molecule has 2 aromatic carbocycles. The highest BCUT2D eigenvalue weighted by atomic mass is 16.7. The van der Waals surface area contributed by atoms with Crippen LogP contribution < -0.4 is 24.3 Å². The number of benzene rings is 2. The Bertz CT molecular complexity index is 1200. The minimum absolute atomic E-state index is 0.233. The van der Waals surface area contributed by atoms with Crippen LogP contribution in [0.15, 0.2) is 55.0 Å². The first-order valence-corrected chi connectivity index (χ1v) is 8.98. The zero-order valence-electron chi connectivity index (χ0n) is 15.9. The second-order valence-electron chi connectivity index (χ2n) is 6.38. The number of hydrogen-bond donors (Lipinski definition) is 1. The maximum atomic E-state index is 5.49.